The average molecular weight is 515 g/mol. The van der Waals surface area contributed by atoms with Gasteiger partial charge in [-0.2, -0.15) is 26.3 Å². The molecule has 0 saturated heterocycles. The molecule has 0 spiro atoms. The zero-order valence-corrected chi connectivity index (χ0v) is 18.2. The SMILES string of the molecule is Cc1oc(-c2cc(C(F)(F)F)cc(C(F)(F)F)c2)nc1COc1cccc(Cn2oc(=O)[nH]c2=O)c1. The van der Waals surface area contributed by atoms with Gasteiger partial charge in [-0.05, 0) is 42.8 Å². The Morgan fingerprint density at radius 2 is 1.67 bits per heavy atom. The molecule has 190 valence electrons. The Morgan fingerprint density at radius 1 is 1.00 bits per heavy atom. The predicted molar refractivity (Wildman–Crippen MR) is 110 cm³/mol. The quantitative estimate of drug-likeness (QED) is 0.372. The van der Waals surface area contributed by atoms with E-state index in [0.717, 1.165) is 4.74 Å². The third-order valence-corrected chi connectivity index (χ3v) is 4.96. The molecule has 4 aromatic rings. The molecule has 0 aliphatic rings. The van der Waals surface area contributed by atoms with Crippen LogP contribution in [0.1, 0.15) is 28.1 Å². The van der Waals surface area contributed by atoms with Crippen molar-refractivity contribution in [2.75, 3.05) is 0 Å². The molecule has 0 atom stereocenters. The molecule has 0 aliphatic heterocycles. The predicted octanol–water partition coefficient (Wildman–Crippen LogP) is 4.76. The van der Waals surface area contributed by atoms with Crippen LogP contribution in [0.4, 0.5) is 26.3 Å². The fourth-order valence-electron chi connectivity index (χ4n) is 3.23. The molecule has 0 amide bonds. The summed E-state index contributed by atoms with van der Waals surface area (Å²) in [5.41, 5.74) is -3.52. The van der Waals surface area contributed by atoms with Gasteiger partial charge in [0.25, 0.3) is 0 Å². The Bertz CT molecular complexity index is 1480. The van der Waals surface area contributed by atoms with Crippen LogP contribution in [0, 0.1) is 6.92 Å². The Hall–Kier alpha value is -4.23. The van der Waals surface area contributed by atoms with E-state index in [4.69, 9.17) is 13.7 Å². The van der Waals surface area contributed by atoms with Crippen molar-refractivity contribution in [2.24, 2.45) is 0 Å². The van der Waals surface area contributed by atoms with E-state index in [1.165, 1.54) is 13.0 Å². The van der Waals surface area contributed by atoms with Gasteiger partial charge in [0.15, 0.2) is 0 Å². The van der Waals surface area contributed by atoms with E-state index in [1.54, 1.807) is 18.2 Å². The Morgan fingerprint density at radius 3 is 2.25 bits per heavy atom. The number of nitrogens with one attached hydrogen (secondary N) is 1. The van der Waals surface area contributed by atoms with Crippen LogP contribution in [0.5, 0.6) is 5.75 Å². The molecule has 0 radical (unpaired) electrons. The van der Waals surface area contributed by atoms with Crippen LogP contribution in [0.2, 0.25) is 0 Å². The lowest BCUT2D eigenvalue weighted by Gasteiger charge is -2.13. The Labute approximate surface area is 196 Å². The van der Waals surface area contributed by atoms with Gasteiger partial charge >= 0.3 is 23.8 Å². The highest BCUT2D eigenvalue weighted by Gasteiger charge is 2.37. The van der Waals surface area contributed by atoms with Crippen LogP contribution in [-0.4, -0.2) is 14.7 Å². The normalized spacial score (nSPS) is 12.2. The number of halogens is 6. The fraction of sp³-hybridized carbons (Fsp3) is 0.227. The number of aromatic nitrogens is 3. The van der Waals surface area contributed by atoms with Crippen LogP contribution in [0.15, 0.2) is 61.0 Å². The molecule has 0 fully saturated rings. The van der Waals surface area contributed by atoms with Crippen molar-refractivity contribution >= 4 is 0 Å². The van der Waals surface area contributed by atoms with Crippen molar-refractivity contribution in [3.63, 3.8) is 0 Å². The highest BCUT2D eigenvalue weighted by molar-refractivity contribution is 5.57. The van der Waals surface area contributed by atoms with Crippen molar-refractivity contribution in [3.05, 3.63) is 91.6 Å². The average Bonchev–Trinajstić information content (AvgIpc) is 3.31. The number of rotatable bonds is 6. The molecule has 0 bridgehead atoms. The first-order valence-electron chi connectivity index (χ1n) is 10.1. The summed E-state index contributed by atoms with van der Waals surface area (Å²) in [4.78, 5) is 28.7. The maximum absolute atomic E-state index is 13.2. The number of hydrogen-bond donors (Lipinski definition) is 1. The minimum Gasteiger partial charge on any atom is -0.487 e. The molecular weight excluding hydrogens is 500 g/mol. The number of oxazole rings is 1. The van der Waals surface area contributed by atoms with Crippen LogP contribution in [0.25, 0.3) is 11.5 Å². The van der Waals surface area contributed by atoms with Crippen molar-refractivity contribution in [3.8, 4) is 17.2 Å². The largest absolute Gasteiger partial charge is 0.487 e. The number of ether oxygens (including phenoxy) is 1. The first-order chi connectivity index (χ1) is 16.8. The maximum atomic E-state index is 13.2. The zero-order valence-electron chi connectivity index (χ0n) is 18.2. The minimum absolute atomic E-state index is 0.0169. The van der Waals surface area contributed by atoms with Gasteiger partial charge in [-0.3, -0.25) is 0 Å². The third kappa shape index (κ3) is 5.53. The van der Waals surface area contributed by atoms with E-state index >= 15 is 0 Å². The summed E-state index contributed by atoms with van der Waals surface area (Å²) in [7, 11) is 0. The Balaban J connectivity index is 1.55. The molecule has 14 heteroatoms. The Kier molecular flexibility index (Phi) is 6.28. The molecule has 1 N–H and O–H groups in total. The number of alkyl halides is 6. The molecule has 0 unspecified atom stereocenters. The van der Waals surface area contributed by atoms with Crippen molar-refractivity contribution in [1.29, 1.82) is 0 Å². The van der Waals surface area contributed by atoms with Crippen LogP contribution < -0.4 is 16.2 Å². The van der Waals surface area contributed by atoms with E-state index in [9.17, 15) is 35.9 Å². The van der Waals surface area contributed by atoms with Gasteiger partial charge in [0, 0.05) is 5.56 Å². The summed E-state index contributed by atoms with van der Waals surface area (Å²) in [5.74, 6) is -0.903. The van der Waals surface area contributed by atoms with Crippen LogP contribution in [0.3, 0.4) is 0 Å². The second-order valence-corrected chi connectivity index (χ2v) is 7.60. The lowest BCUT2D eigenvalue weighted by atomic mass is 10.0. The number of benzene rings is 2. The molecule has 8 nitrogen and oxygen atoms in total. The third-order valence-electron chi connectivity index (χ3n) is 4.96. The van der Waals surface area contributed by atoms with Crippen molar-refractivity contribution < 1.29 is 40.0 Å². The van der Waals surface area contributed by atoms with E-state index in [1.807, 2.05) is 4.98 Å². The van der Waals surface area contributed by atoms with E-state index < -0.39 is 46.4 Å². The van der Waals surface area contributed by atoms with Gasteiger partial charge in [-0.15, -0.1) is 4.74 Å². The van der Waals surface area contributed by atoms with E-state index in [0.29, 0.717) is 23.4 Å². The molecule has 2 aromatic carbocycles. The molecule has 2 heterocycles. The van der Waals surface area contributed by atoms with Gasteiger partial charge in [0.1, 0.15) is 23.8 Å². The van der Waals surface area contributed by atoms with Gasteiger partial charge in [-0.1, -0.05) is 12.1 Å². The second-order valence-electron chi connectivity index (χ2n) is 7.60. The number of H-pyrrole nitrogens is 1. The summed E-state index contributed by atoms with van der Waals surface area (Å²) in [5, 5.41) is 0. The first-order valence-corrected chi connectivity index (χ1v) is 10.1. The van der Waals surface area contributed by atoms with Gasteiger partial charge < -0.3 is 13.7 Å². The van der Waals surface area contributed by atoms with E-state index in [-0.39, 0.29) is 30.7 Å². The number of hydrogen-bond acceptors (Lipinski definition) is 6. The molecule has 0 saturated carbocycles. The van der Waals surface area contributed by atoms with Crippen LogP contribution >= 0.6 is 0 Å². The standard InChI is InChI=1S/C22H15F6N3O5/c1-11-17(10-34-16-4-2-3-12(5-16)9-31-19(32)30-20(33)36-31)29-18(35-11)13-6-14(21(23,24)25)8-15(7-13)22(26,27)28/h2-8H,9-10H2,1H3,(H,30,32,33). The monoisotopic (exact) mass is 515 g/mol. The topological polar surface area (TPSA) is 103 Å². The van der Waals surface area contributed by atoms with Crippen molar-refractivity contribution in [2.45, 2.75) is 32.4 Å². The fourth-order valence-corrected chi connectivity index (χ4v) is 3.23. The lowest BCUT2D eigenvalue weighted by molar-refractivity contribution is -0.143. The van der Waals surface area contributed by atoms with E-state index in [2.05, 4.69) is 4.98 Å². The van der Waals surface area contributed by atoms with Gasteiger partial charge in [0.2, 0.25) is 5.89 Å². The summed E-state index contributed by atoms with van der Waals surface area (Å²) >= 11 is 0. The van der Waals surface area contributed by atoms with Crippen molar-refractivity contribution in [1.82, 2.24) is 14.7 Å². The number of nitrogens with zero attached hydrogens (tertiary/aromatic N) is 2. The summed E-state index contributed by atoms with van der Waals surface area (Å²) in [6, 6.07) is 7.41. The number of aromatic amines is 1. The lowest BCUT2D eigenvalue weighted by Crippen LogP contribution is -2.17. The van der Waals surface area contributed by atoms with Gasteiger partial charge in [-0.25, -0.2) is 19.6 Å². The molecule has 2 aromatic heterocycles. The summed E-state index contributed by atoms with van der Waals surface area (Å²) in [6.45, 7) is 1.15. The minimum atomic E-state index is -5.01. The molecule has 4 rings (SSSR count). The smallest absolute Gasteiger partial charge is 0.440 e. The van der Waals surface area contributed by atoms with Gasteiger partial charge in [0.05, 0.1) is 17.7 Å². The number of aryl methyl sites for hydroxylation is 1. The molecule has 36 heavy (non-hydrogen) atoms. The molecule has 0 aliphatic carbocycles. The molecular formula is C22H15F6N3O5. The van der Waals surface area contributed by atoms with Crippen LogP contribution in [-0.2, 0) is 25.5 Å². The summed E-state index contributed by atoms with van der Waals surface area (Å²) in [6.07, 6.45) is -10.0. The maximum Gasteiger partial charge on any atom is 0.440 e. The summed E-state index contributed by atoms with van der Waals surface area (Å²) < 4.78 is 95.4. The zero-order chi connectivity index (χ0) is 26.3. The highest BCUT2D eigenvalue weighted by Crippen LogP contribution is 2.38. The second kappa shape index (κ2) is 9.09. The first kappa shape index (κ1) is 24.9. The highest BCUT2D eigenvalue weighted by atomic mass is 19.4.